The Morgan fingerprint density at radius 2 is 2.29 bits per heavy atom. The van der Waals surface area contributed by atoms with E-state index in [1.165, 1.54) is 0 Å². The maximum Gasteiger partial charge on any atom is 0.449 e. The van der Waals surface area contributed by atoms with Crippen molar-refractivity contribution >= 4 is 11.8 Å². The van der Waals surface area contributed by atoms with Crippen LogP contribution < -0.4 is 4.74 Å². The van der Waals surface area contributed by atoms with Crippen LogP contribution >= 0.6 is 0 Å². The summed E-state index contributed by atoms with van der Waals surface area (Å²) < 4.78 is 5.73. The molecule has 1 N–H and O–H groups in total. The third kappa shape index (κ3) is 2.43. The van der Waals surface area contributed by atoms with Crippen molar-refractivity contribution in [2.45, 2.75) is 32.8 Å². The molecule has 0 fully saturated rings. The minimum absolute atomic E-state index is 0.128. The van der Waals surface area contributed by atoms with Gasteiger partial charge in [-0.2, -0.15) is 0 Å². The van der Waals surface area contributed by atoms with Gasteiger partial charge in [-0.25, -0.2) is 4.79 Å². The lowest BCUT2D eigenvalue weighted by atomic mass is 9.97. The Morgan fingerprint density at radius 3 is 3.00 bits per heavy atom. The fourth-order valence-corrected chi connectivity index (χ4v) is 1.94. The highest BCUT2D eigenvalue weighted by molar-refractivity contribution is 5.66. The molecule has 1 unspecified atom stereocenters. The van der Waals surface area contributed by atoms with E-state index >= 15 is 0 Å². The predicted octanol–water partition coefficient (Wildman–Crippen LogP) is 3.47. The van der Waals surface area contributed by atoms with Gasteiger partial charge in [-0.15, -0.1) is 5.11 Å². The van der Waals surface area contributed by atoms with Gasteiger partial charge in [0.2, 0.25) is 0 Å². The van der Waals surface area contributed by atoms with E-state index in [-0.39, 0.29) is 6.10 Å². The lowest BCUT2D eigenvalue weighted by Gasteiger charge is -2.25. The highest BCUT2D eigenvalue weighted by atomic mass is 16.5. The predicted molar refractivity (Wildman–Crippen MR) is 62.1 cm³/mol. The van der Waals surface area contributed by atoms with Gasteiger partial charge in [0, 0.05) is 0 Å². The van der Waals surface area contributed by atoms with Gasteiger partial charge in [-0.1, -0.05) is 11.2 Å². The van der Waals surface area contributed by atoms with Crippen LogP contribution in [0.4, 0.5) is 10.5 Å². The third-order valence-electron chi connectivity index (χ3n) is 2.84. The molecule has 0 bridgehead atoms. The largest absolute Gasteiger partial charge is 0.488 e. The number of carbonyl (C=O) groups is 1. The molecule has 1 amide bonds. The highest BCUT2D eigenvalue weighted by Gasteiger charge is 2.21. The van der Waals surface area contributed by atoms with Gasteiger partial charge in [-0.3, -0.25) is 0 Å². The third-order valence-corrected chi connectivity index (χ3v) is 2.84. The second kappa shape index (κ2) is 4.53. The number of amides is 1. The van der Waals surface area contributed by atoms with Gasteiger partial charge in [-0.05, 0) is 43.9 Å². The number of benzene rings is 1. The number of aryl methyl sites for hydroxylation is 1. The van der Waals surface area contributed by atoms with Gasteiger partial charge in [0.25, 0.3) is 0 Å². The maximum absolute atomic E-state index is 10.4. The summed E-state index contributed by atoms with van der Waals surface area (Å²) in [5.74, 6) is 0.675. The van der Waals surface area contributed by atoms with Crippen LogP contribution in [0.15, 0.2) is 22.4 Å². The molecule has 1 aromatic rings. The highest BCUT2D eigenvalue weighted by Crippen LogP contribution is 2.38. The molecule has 1 aromatic carbocycles. The number of hydrogen-bond acceptors (Lipinski definition) is 3. The van der Waals surface area contributed by atoms with Crippen molar-refractivity contribution in [3.05, 3.63) is 23.3 Å². The summed E-state index contributed by atoms with van der Waals surface area (Å²) in [7, 11) is 0. The summed E-state index contributed by atoms with van der Waals surface area (Å²) in [6.45, 7) is 4.00. The van der Waals surface area contributed by atoms with Crippen LogP contribution in [0.2, 0.25) is 0 Å². The summed E-state index contributed by atoms with van der Waals surface area (Å²) in [6, 6.07) is 3.65. The summed E-state index contributed by atoms with van der Waals surface area (Å²) in [4.78, 5) is 10.4. The molecule has 0 spiro atoms. The van der Waals surface area contributed by atoms with Gasteiger partial charge in [0.05, 0.1) is 6.10 Å². The molecule has 1 atom stereocenters. The van der Waals surface area contributed by atoms with E-state index in [4.69, 9.17) is 9.84 Å². The lowest BCUT2D eigenvalue weighted by Crippen LogP contribution is -2.19. The van der Waals surface area contributed by atoms with Gasteiger partial charge >= 0.3 is 6.09 Å². The Kier molecular flexibility index (Phi) is 3.08. The van der Waals surface area contributed by atoms with Crippen LogP contribution in [0.25, 0.3) is 0 Å². The zero-order chi connectivity index (χ0) is 12.4. The van der Waals surface area contributed by atoms with Crippen LogP contribution in [-0.4, -0.2) is 17.3 Å². The molecule has 1 aliphatic heterocycles. The van der Waals surface area contributed by atoms with Crippen LogP contribution in [0.1, 0.15) is 24.5 Å². The number of fused-ring (bicyclic) bond motifs is 1. The lowest BCUT2D eigenvalue weighted by molar-refractivity contribution is 0.193. The second-order valence-electron chi connectivity index (χ2n) is 4.16. The van der Waals surface area contributed by atoms with Gasteiger partial charge in [0.15, 0.2) is 5.75 Å². The monoisotopic (exact) mass is 234 g/mol. The molecular weight excluding hydrogens is 220 g/mol. The average molecular weight is 234 g/mol. The van der Waals surface area contributed by atoms with Gasteiger partial charge in [0.1, 0.15) is 5.69 Å². The number of carboxylic acid groups (broad SMARTS) is 1. The molecule has 17 heavy (non-hydrogen) atoms. The molecule has 5 heteroatoms. The van der Waals surface area contributed by atoms with E-state index in [9.17, 15) is 4.79 Å². The maximum atomic E-state index is 10.4. The molecule has 0 radical (unpaired) electrons. The molecule has 1 aliphatic rings. The first-order valence-corrected chi connectivity index (χ1v) is 5.51. The molecule has 0 aromatic heterocycles. The Balaban J connectivity index is 2.43. The molecule has 2 rings (SSSR count). The van der Waals surface area contributed by atoms with E-state index < -0.39 is 6.09 Å². The first kappa shape index (κ1) is 11.6. The van der Waals surface area contributed by atoms with Crippen molar-refractivity contribution in [3.63, 3.8) is 0 Å². The average Bonchev–Trinajstić information content (AvgIpc) is 2.28. The standard InChI is InChI=1S/C12H14N2O3/c1-7-3-6-10(13-14-12(15)16)11-9(7)5-4-8(2)17-11/h3,6,8H,4-5H2,1-2H3,(H,15,16)/b14-13+. The topological polar surface area (TPSA) is 71.2 Å². The summed E-state index contributed by atoms with van der Waals surface area (Å²) in [5.41, 5.74) is 2.73. The van der Waals surface area contributed by atoms with Gasteiger partial charge < -0.3 is 9.84 Å². The molecule has 5 nitrogen and oxygen atoms in total. The van der Waals surface area contributed by atoms with Crippen molar-refractivity contribution in [3.8, 4) is 5.75 Å². The van der Waals surface area contributed by atoms with Crippen LogP contribution in [-0.2, 0) is 6.42 Å². The van der Waals surface area contributed by atoms with E-state index in [1.54, 1.807) is 6.07 Å². The first-order valence-electron chi connectivity index (χ1n) is 5.51. The van der Waals surface area contributed by atoms with E-state index in [2.05, 4.69) is 10.2 Å². The second-order valence-corrected chi connectivity index (χ2v) is 4.16. The summed E-state index contributed by atoms with van der Waals surface area (Å²) in [6.07, 6.45) is 0.720. The Hall–Kier alpha value is -1.91. The zero-order valence-electron chi connectivity index (χ0n) is 9.80. The Bertz CT molecular complexity index is 483. The van der Waals surface area contributed by atoms with E-state index in [0.29, 0.717) is 11.4 Å². The molecule has 0 saturated heterocycles. The van der Waals surface area contributed by atoms with Crippen molar-refractivity contribution in [1.29, 1.82) is 0 Å². The van der Waals surface area contributed by atoms with Crippen molar-refractivity contribution in [1.82, 2.24) is 0 Å². The van der Waals surface area contributed by atoms with Crippen molar-refractivity contribution < 1.29 is 14.6 Å². The van der Waals surface area contributed by atoms with Crippen LogP contribution in [0, 0.1) is 6.92 Å². The minimum atomic E-state index is -1.30. The number of azo groups is 1. The Labute approximate surface area is 99.1 Å². The number of rotatable bonds is 1. The SMILES string of the molecule is Cc1ccc(/N=N/C(=O)O)c2c1CCC(C)O2. The quantitative estimate of drug-likeness (QED) is 0.756. The molecule has 0 saturated carbocycles. The number of nitrogens with zero attached hydrogens (tertiary/aromatic N) is 2. The normalized spacial score (nSPS) is 18.8. The minimum Gasteiger partial charge on any atom is -0.488 e. The van der Waals surface area contributed by atoms with E-state index in [0.717, 1.165) is 24.0 Å². The fraction of sp³-hybridized carbons (Fsp3) is 0.417. The molecule has 1 heterocycles. The van der Waals surface area contributed by atoms with E-state index in [1.807, 2.05) is 19.9 Å². The smallest absolute Gasteiger partial charge is 0.449 e. The van der Waals surface area contributed by atoms with Crippen LogP contribution in [0.3, 0.4) is 0 Å². The van der Waals surface area contributed by atoms with Crippen molar-refractivity contribution in [2.24, 2.45) is 10.2 Å². The summed E-state index contributed by atoms with van der Waals surface area (Å²) >= 11 is 0. The summed E-state index contributed by atoms with van der Waals surface area (Å²) in [5, 5.41) is 15.3. The van der Waals surface area contributed by atoms with Crippen LogP contribution in [0.5, 0.6) is 5.75 Å². The first-order chi connectivity index (χ1) is 8.08. The fourth-order valence-electron chi connectivity index (χ4n) is 1.94. The molecule has 0 aliphatic carbocycles. The zero-order valence-corrected chi connectivity index (χ0v) is 9.80. The number of hydrogen-bond donors (Lipinski definition) is 1. The molecular formula is C12H14N2O3. The molecule has 90 valence electrons. The van der Waals surface area contributed by atoms with Crippen molar-refractivity contribution in [2.75, 3.05) is 0 Å². The Morgan fingerprint density at radius 1 is 1.53 bits per heavy atom. The number of ether oxygens (including phenoxy) is 1.